The van der Waals surface area contributed by atoms with Gasteiger partial charge < -0.3 is 15.5 Å². The van der Waals surface area contributed by atoms with Crippen LogP contribution in [0.2, 0.25) is 0 Å². The molecule has 39 heavy (non-hydrogen) atoms. The molecule has 3 rings (SSSR count). The predicted molar refractivity (Wildman–Crippen MR) is 150 cm³/mol. The maximum Gasteiger partial charge on any atom is 0.314 e. The standard InChI is InChI=1S/C30H45F2N5O2/c1-7-34-35-25(26-23(31)12-9-13-24(26)32)17-20(3)22-14-15-30(6,29(22,4)5)19-36(8-2)27(38)21-11-10-16-37(18-21)28(33)39/h9,12-13,17,20-22H,7-8,10-11,14-16,18-19H2,1-6H3,(H2,33,39)/b25-17-,35-34?/t20?,21?,22-,30?/m0/s1. The number of piperidine rings is 1. The van der Waals surface area contributed by atoms with Gasteiger partial charge in [-0.3, -0.25) is 4.79 Å². The van der Waals surface area contributed by atoms with Gasteiger partial charge in [0.15, 0.2) is 0 Å². The summed E-state index contributed by atoms with van der Waals surface area (Å²) in [6, 6.07) is 3.34. The van der Waals surface area contributed by atoms with Crippen LogP contribution < -0.4 is 5.73 Å². The molecule has 1 saturated heterocycles. The van der Waals surface area contributed by atoms with E-state index in [0.29, 0.717) is 32.7 Å². The lowest BCUT2D eigenvalue weighted by molar-refractivity contribution is -0.139. The van der Waals surface area contributed by atoms with E-state index in [4.69, 9.17) is 5.73 Å². The number of halogens is 2. The highest BCUT2D eigenvalue weighted by molar-refractivity contribution is 5.80. The average molecular weight is 546 g/mol. The van der Waals surface area contributed by atoms with Gasteiger partial charge in [-0.1, -0.05) is 39.8 Å². The number of hydrogen-bond donors (Lipinski definition) is 1. The van der Waals surface area contributed by atoms with Crippen molar-refractivity contribution in [2.75, 3.05) is 32.7 Å². The van der Waals surface area contributed by atoms with Crippen LogP contribution in [-0.4, -0.2) is 54.5 Å². The fourth-order valence-corrected chi connectivity index (χ4v) is 6.63. The number of carbonyl (C=O) groups is 2. The summed E-state index contributed by atoms with van der Waals surface area (Å²) in [6.45, 7) is 15.2. The van der Waals surface area contributed by atoms with Crippen LogP contribution in [0.1, 0.15) is 72.8 Å². The van der Waals surface area contributed by atoms with Gasteiger partial charge in [0, 0.05) is 26.2 Å². The van der Waals surface area contributed by atoms with Gasteiger partial charge in [-0.25, -0.2) is 13.6 Å². The highest BCUT2D eigenvalue weighted by Crippen LogP contribution is 2.59. The Morgan fingerprint density at radius 1 is 1.21 bits per heavy atom. The molecule has 2 aliphatic rings. The van der Waals surface area contributed by atoms with Crippen molar-refractivity contribution in [3.63, 3.8) is 0 Å². The van der Waals surface area contributed by atoms with Crippen molar-refractivity contribution < 1.29 is 18.4 Å². The molecule has 2 N–H and O–H groups in total. The lowest BCUT2D eigenvalue weighted by Crippen LogP contribution is -2.51. The Hall–Kier alpha value is -2.84. The number of primary amides is 1. The van der Waals surface area contributed by atoms with Crippen LogP contribution in [0.15, 0.2) is 34.5 Å². The first kappa shape index (κ1) is 30.7. The molecule has 0 aromatic heterocycles. The first-order valence-electron chi connectivity index (χ1n) is 14.2. The van der Waals surface area contributed by atoms with Crippen LogP contribution >= 0.6 is 0 Å². The van der Waals surface area contributed by atoms with Crippen LogP contribution in [0, 0.1) is 40.2 Å². The zero-order chi connectivity index (χ0) is 29.0. The van der Waals surface area contributed by atoms with Gasteiger partial charge in [0.25, 0.3) is 0 Å². The molecule has 1 aromatic carbocycles. The Labute approximate surface area is 231 Å². The minimum Gasteiger partial charge on any atom is -0.351 e. The largest absolute Gasteiger partial charge is 0.351 e. The summed E-state index contributed by atoms with van der Waals surface area (Å²) in [5.74, 6) is -1.30. The molecule has 0 bridgehead atoms. The third-order valence-corrected chi connectivity index (χ3v) is 9.40. The summed E-state index contributed by atoms with van der Waals surface area (Å²) >= 11 is 0. The van der Waals surface area contributed by atoms with E-state index in [1.54, 1.807) is 4.90 Å². The van der Waals surface area contributed by atoms with Gasteiger partial charge in [-0.2, -0.15) is 10.2 Å². The molecule has 3 amide bonds. The molecule has 1 aliphatic heterocycles. The van der Waals surface area contributed by atoms with Gasteiger partial charge in [0.2, 0.25) is 5.91 Å². The van der Waals surface area contributed by atoms with Gasteiger partial charge >= 0.3 is 6.03 Å². The molecule has 4 atom stereocenters. The minimum absolute atomic E-state index is 0.0279. The van der Waals surface area contributed by atoms with Crippen molar-refractivity contribution in [2.45, 2.75) is 67.2 Å². The monoisotopic (exact) mass is 545 g/mol. The molecule has 2 fully saturated rings. The predicted octanol–water partition coefficient (Wildman–Crippen LogP) is 6.50. The molecule has 0 spiro atoms. The number of allylic oxidation sites excluding steroid dienone is 1. The van der Waals surface area contributed by atoms with Crippen molar-refractivity contribution in [1.29, 1.82) is 0 Å². The maximum absolute atomic E-state index is 14.7. The van der Waals surface area contributed by atoms with E-state index >= 15 is 0 Å². The number of rotatable bonds is 9. The summed E-state index contributed by atoms with van der Waals surface area (Å²) < 4.78 is 29.3. The molecule has 7 nitrogen and oxygen atoms in total. The lowest BCUT2D eigenvalue weighted by atomic mass is 9.63. The highest BCUT2D eigenvalue weighted by atomic mass is 19.1. The molecule has 1 heterocycles. The number of benzene rings is 1. The summed E-state index contributed by atoms with van der Waals surface area (Å²) in [5.41, 5.74) is 5.20. The molecule has 9 heteroatoms. The highest BCUT2D eigenvalue weighted by Gasteiger charge is 2.53. The number of urea groups is 1. The number of nitrogens with zero attached hydrogens (tertiary/aromatic N) is 4. The minimum atomic E-state index is -0.659. The second-order valence-electron chi connectivity index (χ2n) is 12.0. The van der Waals surface area contributed by atoms with E-state index in [9.17, 15) is 18.4 Å². The van der Waals surface area contributed by atoms with Crippen molar-refractivity contribution >= 4 is 17.6 Å². The van der Waals surface area contributed by atoms with Crippen LogP contribution in [0.4, 0.5) is 13.6 Å². The summed E-state index contributed by atoms with van der Waals surface area (Å²) in [6.07, 6.45) is 5.22. The average Bonchev–Trinajstić information content (AvgIpc) is 3.13. The molecular formula is C30H45F2N5O2. The summed E-state index contributed by atoms with van der Waals surface area (Å²) in [7, 11) is 0. The Balaban J connectivity index is 1.83. The second kappa shape index (κ2) is 12.6. The fourth-order valence-electron chi connectivity index (χ4n) is 6.63. The van der Waals surface area contributed by atoms with Gasteiger partial charge in [-0.05, 0) is 74.3 Å². The zero-order valence-corrected chi connectivity index (χ0v) is 24.3. The Kier molecular flexibility index (Phi) is 9.88. The normalized spacial score (nSPS) is 26.2. The topological polar surface area (TPSA) is 91.4 Å². The molecular weight excluding hydrogens is 500 g/mol. The van der Waals surface area contributed by atoms with Crippen LogP contribution in [0.3, 0.4) is 0 Å². The Morgan fingerprint density at radius 3 is 2.46 bits per heavy atom. The van der Waals surface area contributed by atoms with Crippen LogP contribution in [0.25, 0.3) is 5.70 Å². The number of hydrogen-bond acceptors (Lipinski definition) is 4. The van der Waals surface area contributed by atoms with Crippen LogP contribution in [0.5, 0.6) is 0 Å². The third-order valence-electron chi connectivity index (χ3n) is 9.40. The SMILES string of the molecule is CCN=N/C(=C\C(C)[C@@H]1CCC(C)(CN(CC)C(=O)C2CCCN(C(N)=O)C2)C1(C)C)c1c(F)cccc1F. The zero-order valence-electron chi connectivity index (χ0n) is 24.3. The number of nitrogens with two attached hydrogens (primary N) is 1. The molecule has 1 aliphatic carbocycles. The third kappa shape index (κ3) is 6.49. The van der Waals surface area contributed by atoms with Gasteiger partial charge in [0.05, 0.1) is 23.7 Å². The molecule has 216 valence electrons. The number of likely N-dealkylation sites (tertiary alicyclic amines) is 1. The van der Waals surface area contributed by atoms with Gasteiger partial charge in [0.1, 0.15) is 11.6 Å². The van der Waals surface area contributed by atoms with Crippen molar-refractivity contribution in [1.82, 2.24) is 9.80 Å². The Morgan fingerprint density at radius 2 is 1.87 bits per heavy atom. The Bertz CT molecular complexity index is 1080. The molecule has 0 radical (unpaired) electrons. The fraction of sp³-hybridized carbons (Fsp3) is 0.667. The van der Waals surface area contributed by atoms with E-state index in [-0.39, 0.29) is 45.8 Å². The van der Waals surface area contributed by atoms with E-state index in [1.165, 1.54) is 18.2 Å². The smallest absolute Gasteiger partial charge is 0.314 e. The first-order valence-corrected chi connectivity index (χ1v) is 14.2. The number of carbonyl (C=O) groups excluding carboxylic acids is 2. The van der Waals surface area contributed by atoms with Gasteiger partial charge in [-0.15, -0.1) is 0 Å². The van der Waals surface area contributed by atoms with Crippen molar-refractivity contribution in [2.24, 2.45) is 44.5 Å². The molecule has 3 unspecified atom stereocenters. The first-order chi connectivity index (χ1) is 18.4. The van der Waals surface area contributed by atoms with Crippen molar-refractivity contribution in [3.05, 3.63) is 41.5 Å². The summed E-state index contributed by atoms with van der Waals surface area (Å²) in [4.78, 5) is 28.8. The molecule has 1 saturated carbocycles. The number of amides is 3. The number of azo groups is 1. The maximum atomic E-state index is 14.7. The van der Waals surface area contributed by atoms with E-state index < -0.39 is 17.7 Å². The van der Waals surface area contributed by atoms with Crippen LogP contribution in [-0.2, 0) is 4.79 Å². The van der Waals surface area contributed by atoms with E-state index in [2.05, 4.69) is 37.9 Å². The van der Waals surface area contributed by atoms with E-state index in [1.807, 2.05) is 24.8 Å². The van der Waals surface area contributed by atoms with E-state index in [0.717, 1.165) is 25.7 Å². The lowest BCUT2D eigenvalue weighted by Gasteiger charge is -2.46. The quantitative estimate of drug-likeness (QED) is 0.359. The molecule has 1 aromatic rings. The summed E-state index contributed by atoms with van der Waals surface area (Å²) in [5, 5.41) is 8.25. The second-order valence-corrected chi connectivity index (χ2v) is 12.0. The van der Waals surface area contributed by atoms with Crippen molar-refractivity contribution in [3.8, 4) is 0 Å².